The van der Waals surface area contributed by atoms with E-state index in [9.17, 15) is 4.39 Å². The maximum absolute atomic E-state index is 13.9. The number of hydrogen-bond donors (Lipinski definition) is 1. The zero-order chi connectivity index (χ0) is 17.6. The first-order valence-electron chi connectivity index (χ1n) is 8.30. The summed E-state index contributed by atoms with van der Waals surface area (Å²) in [6.07, 6.45) is 2.46. The standard InChI is InChI=1S/C19H20Cl2FNO2/c20-14-6-7-19(25-12-16-17(21)4-1-5-18(16)22)13(9-14)10-23-11-15-3-2-8-24-15/h1,4-7,9,15,23H,2-3,8,10-12H2/t15-/m0/s1. The molecule has 6 heteroatoms. The molecule has 134 valence electrons. The predicted molar refractivity (Wildman–Crippen MR) is 97.9 cm³/mol. The van der Waals surface area contributed by atoms with Crippen molar-refractivity contribution in [2.45, 2.75) is 32.1 Å². The second-order valence-corrected chi connectivity index (χ2v) is 6.85. The summed E-state index contributed by atoms with van der Waals surface area (Å²) in [7, 11) is 0. The molecular formula is C19H20Cl2FNO2. The first-order chi connectivity index (χ1) is 12.1. The van der Waals surface area contributed by atoms with Gasteiger partial charge in [0.15, 0.2) is 0 Å². The van der Waals surface area contributed by atoms with Gasteiger partial charge in [0.05, 0.1) is 11.1 Å². The average molecular weight is 384 g/mol. The maximum atomic E-state index is 13.9. The summed E-state index contributed by atoms with van der Waals surface area (Å²) in [4.78, 5) is 0. The highest BCUT2D eigenvalue weighted by Crippen LogP contribution is 2.26. The van der Waals surface area contributed by atoms with Crippen LogP contribution < -0.4 is 10.1 Å². The summed E-state index contributed by atoms with van der Waals surface area (Å²) in [5.41, 5.74) is 1.26. The maximum Gasteiger partial charge on any atom is 0.131 e. The van der Waals surface area contributed by atoms with Crippen LogP contribution in [0.5, 0.6) is 5.75 Å². The average Bonchev–Trinajstić information content (AvgIpc) is 3.09. The smallest absolute Gasteiger partial charge is 0.131 e. The summed E-state index contributed by atoms with van der Waals surface area (Å²) in [6.45, 7) is 2.28. The fourth-order valence-electron chi connectivity index (χ4n) is 2.82. The molecule has 0 spiro atoms. The van der Waals surface area contributed by atoms with Gasteiger partial charge in [-0.15, -0.1) is 0 Å². The minimum atomic E-state index is -0.375. The molecule has 1 N–H and O–H groups in total. The predicted octanol–water partition coefficient (Wildman–Crippen LogP) is 4.98. The van der Waals surface area contributed by atoms with Crippen molar-refractivity contribution in [3.8, 4) is 5.75 Å². The third-order valence-electron chi connectivity index (χ3n) is 4.17. The van der Waals surface area contributed by atoms with Crippen LogP contribution in [-0.4, -0.2) is 19.3 Å². The normalized spacial score (nSPS) is 17.0. The van der Waals surface area contributed by atoms with Gasteiger partial charge in [0.2, 0.25) is 0 Å². The minimum Gasteiger partial charge on any atom is -0.488 e. The van der Waals surface area contributed by atoms with Crippen LogP contribution in [0, 0.1) is 5.82 Å². The van der Waals surface area contributed by atoms with E-state index < -0.39 is 0 Å². The van der Waals surface area contributed by atoms with E-state index in [1.54, 1.807) is 24.3 Å². The van der Waals surface area contributed by atoms with Crippen LogP contribution in [0.25, 0.3) is 0 Å². The quantitative estimate of drug-likeness (QED) is 0.731. The number of halogens is 3. The monoisotopic (exact) mass is 383 g/mol. The number of ether oxygens (including phenoxy) is 2. The highest BCUT2D eigenvalue weighted by molar-refractivity contribution is 6.31. The van der Waals surface area contributed by atoms with E-state index in [0.29, 0.717) is 27.9 Å². The van der Waals surface area contributed by atoms with Crippen molar-refractivity contribution in [2.24, 2.45) is 0 Å². The lowest BCUT2D eigenvalue weighted by atomic mass is 10.2. The van der Waals surface area contributed by atoms with Gasteiger partial charge in [-0.2, -0.15) is 0 Å². The molecule has 1 saturated heterocycles. The molecule has 3 nitrogen and oxygen atoms in total. The fraction of sp³-hybridized carbons (Fsp3) is 0.368. The van der Waals surface area contributed by atoms with Crippen molar-refractivity contribution in [1.29, 1.82) is 0 Å². The Morgan fingerprint density at radius 3 is 2.88 bits per heavy atom. The van der Waals surface area contributed by atoms with Crippen LogP contribution in [0.2, 0.25) is 10.0 Å². The van der Waals surface area contributed by atoms with Gasteiger partial charge in [-0.1, -0.05) is 29.3 Å². The molecule has 0 aromatic heterocycles. The van der Waals surface area contributed by atoms with E-state index in [2.05, 4.69) is 5.32 Å². The summed E-state index contributed by atoms with van der Waals surface area (Å²) >= 11 is 12.2. The Morgan fingerprint density at radius 1 is 1.24 bits per heavy atom. The van der Waals surface area contributed by atoms with Crippen molar-refractivity contribution < 1.29 is 13.9 Å². The van der Waals surface area contributed by atoms with Gasteiger partial charge >= 0.3 is 0 Å². The van der Waals surface area contributed by atoms with Crippen molar-refractivity contribution in [3.05, 3.63) is 63.4 Å². The second kappa shape index (κ2) is 8.86. The van der Waals surface area contributed by atoms with Crippen LogP contribution in [0.1, 0.15) is 24.0 Å². The summed E-state index contributed by atoms with van der Waals surface area (Å²) in [5, 5.41) is 4.35. The van der Waals surface area contributed by atoms with E-state index in [4.69, 9.17) is 32.7 Å². The molecule has 3 rings (SSSR count). The van der Waals surface area contributed by atoms with Crippen LogP contribution in [0.15, 0.2) is 36.4 Å². The molecule has 2 aromatic carbocycles. The van der Waals surface area contributed by atoms with E-state index in [1.807, 2.05) is 6.07 Å². The molecule has 1 aliphatic heterocycles. The Hall–Kier alpha value is -1.33. The summed E-state index contributed by atoms with van der Waals surface area (Å²) in [5.74, 6) is 0.281. The molecule has 1 heterocycles. The molecule has 0 unspecified atom stereocenters. The molecule has 25 heavy (non-hydrogen) atoms. The third kappa shape index (κ3) is 5.08. The number of benzene rings is 2. The minimum absolute atomic E-state index is 0.0614. The molecule has 0 aliphatic carbocycles. The largest absolute Gasteiger partial charge is 0.488 e. The van der Waals surface area contributed by atoms with Gasteiger partial charge in [0.25, 0.3) is 0 Å². The van der Waals surface area contributed by atoms with Crippen LogP contribution in [0.4, 0.5) is 4.39 Å². The first-order valence-corrected chi connectivity index (χ1v) is 9.05. The highest BCUT2D eigenvalue weighted by atomic mass is 35.5. The van der Waals surface area contributed by atoms with Crippen LogP contribution in [-0.2, 0) is 17.9 Å². The molecule has 0 radical (unpaired) electrons. The molecule has 1 fully saturated rings. The Bertz CT molecular complexity index is 700. The van der Waals surface area contributed by atoms with Gasteiger partial charge < -0.3 is 14.8 Å². The van der Waals surface area contributed by atoms with E-state index in [0.717, 1.165) is 31.6 Å². The van der Waals surface area contributed by atoms with Crippen molar-refractivity contribution in [3.63, 3.8) is 0 Å². The Balaban J connectivity index is 1.64. The lowest BCUT2D eigenvalue weighted by Gasteiger charge is -2.15. The zero-order valence-electron chi connectivity index (χ0n) is 13.7. The van der Waals surface area contributed by atoms with Gasteiger partial charge in [-0.3, -0.25) is 0 Å². The lowest BCUT2D eigenvalue weighted by molar-refractivity contribution is 0.110. The summed E-state index contributed by atoms with van der Waals surface area (Å²) < 4.78 is 25.3. The zero-order valence-corrected chi connectivity index (χ0v) is 15.2. The van der Waals surface area contributed by atoms with Crippen LogP contribution >= 0.6 is 23.2 Å². The Kier molecular flexibility index (Phi) is 6.54. The number of rotatable bonds is 7. The van der Waals surface area contributed by atoms with E-state index >= 15 is 0 Å². The molecule has 1 aliphatic rings. The molecular weight excluding hydrogens is 364 g/mol. The number of hydrogen-bond acceptors (Lipinski definition) is 3. The molecule has 1 atom stereocenters. The Morgan fingerprint density at radius 2 is 2.12 bits per heavy atom. The third-order valence-corrected chi connectivity index (χ3v) is 4.76. The lowest BCUT2D eigenvalue weighted by Crippen LogP contribution is -2.26. The van der Waals surface area contributed by atoms with Crippen molar-refractivity contribution in [1.82, 2.24) is 5.32 Å². The molecule has 0 saturated carbocycles. The molecule has 0 bridgehead atoms. The van der Waals surface area contributed by atoms with Gasteiger partial charge in [0.1, 0.15) is 18.2 Å². The molecule has 0 amide bonds. The highest BCUT2D eigenvalue weighted by Gasteiger charge is 2.15. The van der Waals surface area contributed by atoms with Crippen molar-refractivity contribution >= 4 is 23.2 Å². The van der Waals surface area contributed by atoms with E-state index in [1.165, 1.54) is 6.07 Å². The number of nitrogens with one attached hydrogen (secondary N) is 1. The SMILES string of the molecule is Fc1cccc(Cl)c1COc1ccc(Cl)cc1CNC[C@@H]1CCCO1. The first kappa shape index (κ1) is 18.5. The van der Waals surface area contributed by atoms with Crippen LogP contribution in [0.3, 0.4) is 0 Å². The molecule has 2 aromatic rings. The van der Waals surface area contributed by atoms with E-state index in [-0.39, 0.29) is 18.5 Å². The topological polar surface area (TPSA) is 30.5 Å². The van der Waals surface area contributed by atoms with Gasteiger partial charge in [-0.25, -0.2) is 4.39 Å². The fourth-order valence-corrected chi connectivity index (χ4v) is 3.23. The van der Waals surface area contributed by atoms with Crippen molar-refractivity contribution in [2.75, 3.05) is 13.2 Å². The Labute approximate surface area is 157 Å². The van der Waals surface area contributed by atoms with Gasteiger partial charge in [-0.05, 0) is 43.2 Å². The second-order valence-electron chi connectivity index (χ2n) is 6.01. The summed E-state index contributed by atoms with van der Waals surface area (Å²) in [6, 6.07) is 9.99. The van der Waals surface area contributed by atoms with Gasteiger partial charge in [0, 0.05) is 35.8 Å².